The first-order valence-electron chi connectivity index (χ1n) is 9.62. The maximum Gasteiger partial charge on any atom is 0.224 e. The molecule has 3 aromatic rings. The van der Waals surface area contributed by atoms with E-state index in [4.69, 9.17) is 0 Å². The number of hydrogen-bond donors (Lipinski definition) is 4. The Labute approximate surface area is 187 Å². The Morgan fingerprint density at radius 3 is 2.61 bits per heavy atom. The van der Waals surface area contributed by atoms with Crippen molar-refractivity contribution in [1.82, 2.24) is 14.7 Å². The summed E-state index contributed by atoms with van der Waals surface area (Å²) in [5, 5.41) is 9.46. The number of aromatic nitrogens is 2. The van der Waals surface area contributed by atoms with Crippen molar-refractivity contribution in [3.05, 3.63) is 54.4 Å². The Bertz CT molecular complexity index is 1150. The highest BCUT2D eigenvalue weighted by atomic mass is 32.2. The first kappa shape index (κ1) is 21.3. The Kier molecular flexibility index (Phi) is 6.50. The summed E-state index contributed by atoms with van der Waals surface area (Å²) in [6.45, 7) is 0. The summed E-state index contributed by atoms with van der Waals surface area (Å²) >= 11 is 1.59. The molecule has 4 N–H and O–H groups in total. The third kappa shape index (κ3) is 5.04. The van der Waals surface area contributed by atoms with E-state index in [1.165, 1.54) is 6.33 Å². The van der Waals surface area contributed by atoms with E-state index in [1.54, 1.807) is 24.9 Å². The average Bonchev–Trinajstić information content (AvgIpc) is 2.78. The van der Waals surface area contributed by atoms with Crippen LogP contribution in [-0.2, 0) is 22.2 Å². The molecule has 10 heteroatoms. The quantitative estimate of drug-likeness (QED) is 0.402. The van der Waals surface area contributed by atoms with Gasteiger partial charge in [0.2, 0.25) is 5.91 Å². The van der Waals surface area contributed by atoms with Crippen molar-refractivity contribution in [2.45, 2.75) is 22.6 Å². The topological polar surface area (TPSA) is 108 Å². The zero-order valence-electron chi connectivity index (χ0n) is 17.1. The van der Waals surface area contributed by atoms with Crippen molar-refractivity contribution in [3.8, 4) is 0 Å². The van der Waals surface area contributed by atoms with E-state index in [0.717, 1.165) is 33.9 Å². The normalized spacial score (nSPS) is 13.8. The van der Waals surface area contributed by atoms with E-state index in [1.807, 2.05) is 42.7 Å². The van der Waals surface area contributed by atoms with E-state index in [-0.39, 0.29) is 5.91 Å². The fourth-order valence-corrected chi connectivity index (χ4v) is 4.43. The van der Waals surface area contributed by atoms with Crippen LogP contribution < -0.4 is 20.7 Å². The van der Waals surface area contributed by atoms with Crippen LogP contribution in [0.1, 0.15) is 12.0 Å². The number of nitrogens with zero attached hydrogens (tertiary/aromatic N) is 2. The molecule has 0 saturated heterocycles. The smallest absolute Gasteiger partial charge is 0.224 e. The molecule has 0 radical (unpaired) electrons. The molecule has 4 rings (SSSR count). The molecule has 8 nitrogen and oxygen atoms in total. The summed E-state index contributed by atoms with van der Waals surface area (Å²) in [5.41, 5.74) is 3.59. The predicted octanol–water partition coefficient (Wildman–Crippen LogP) is 3.81. The van der Waals surface area contributed by atoms with Crippen molar-refractivity contribution in [2.24, 2.45) is 0 Å². The van der Waals surface area contributed by atoms with Crippen molar-refractivity contribution in [3.63, 3.8) is 0 Å². The van der Waals surface area contributed by atoms with Gasteiger partial charge in [0.25, 0.3) is 0 Å². The third-order valence-corrected chi connectivity index (χ3v) is 6.63. The first-order valence-corrected chi connectivity index (χ1v) is 12.0. The van der Waals surface area contributed by atoms with Crippen molar-refractivity contribution < 1.29 is 9.00 Å². The molecule has 2 heterocycles. The number of nitrogens with one attached hydrogen (secondary N) is 4. The number of rotatable bonds is 7. The lowest BCUT2D eigenvalue weighted by atomic mass is 10.0. The van der Waals surface area contributed by atoms with Crippen molar-refractivity contribution in [1.29, 1.82) is 0 Å². The van der Waals surface area contributed by atoms with Gasteiger partial charge in [0, 0.05) is 28.8 Å². The second-order valence-corrected chi connectivity index (χ2v) is 9.06. The molecular weight excluding hydrogens is 432 g/mol. The van der Waals surface area contributed by atoms with E-state index in [9.17, 15) is 9.00 Å². The van der Waals surface area contributed by atoms with Crippen LogP contribution in [0.2, 0.25) is 0 Å². The van der Waals surface area contributed by atoms with Gasteiger partial charge in [-0.25, -0.2) is 18.9 Å². The van der Waals surface area contributed by atoms with Crippen LogP contribution in [-0.4, -0.2) is 33.4 Å². The predicted molar refractivity (Wildman–Crippen MR) is 126 cm³/mol. The minimum absolute atomic E-state index is 0.0317. The van der Waals surface area contributed by atoms with E-state index < -0.39 is 11.0 Å². The number of amides is 1. The molecule has 160 valence electrons. The molecule has 1 aliphatic rings. The molecule has 1 unspecified atom stereocenters. The molecule has 0 saturated carbocycles. The maximum atomic E-state index is 12.1. The Balaban J connectivity index is 1.55. The van der Waals surface area contributed by atoms with Gasteiger partial charge in [-0.15, -0.1) is 11.8 Å². The van der Waals surface area contributed by atoms with Crippen LogP contribution >= 0.6 is 11.8 Å². The van der Waals surface area contributed by atoms with Gasteiger partial charge in [0.1, 0.15) is 28.9 Å². The van der Waals surface area contributed by atoms with E-state index in [2.05, 4.69) is 30.6 Å². The lowest BCUT2D eigenvalue weighted by Gasteiger charge is -2.18. The fraction of sp³-hybridized carbons (Fsp3) is 0.190. The van der Waals surface area contributed by atoms with Gasteiger partial charge >= 0.3 is 0 Å². The molecule has 1 aromatic heterocycles. The Hall–Kier alpha value is -2.95. The molecule has 0 fully saturated rings. The number of carbonyl (C=O) groups excluding carboxylic acids is 1. The number of thioether (sulfide) groups is 1. The second-order valence-electron chi connectivity index (χ2n) is 6.79. The van der Waals surface area contributed by atoms with Gasteiger partial charge in [0.15, 0.2) is 0 Å². The van der Waals surface area contributed by atoms with Crippen LogP contribution in [0, 0.1) is 0 Å². The number of benzene rings is 2. The summed E-state index contributed by atoms with van der Waals surface area (Å²) in [7, 11) is 0.375. The summed E-state index contributed by atoms with van der Waals surface area (Å²) in [5.74, 6) is 1.25. The highest BCUT2D eigenvalue weighted by Crippen LogP contribution is 2.31. The van der Waals surface area contributed by atoms with Gasteiger partial charge in [0.05, 0.1) is 10.6 Å². The van der Waals surface area contributed by atoms with Crippen molar-refractivity contribution >= 4 is 57.4 Å². The molecule has 2 aromatic carbocycles. The minimum Gasteiger partial charge on any atom is -0.340 e. The largest absolute Gasteiger partial charge is 0.340 e. The van der Waals surface area contributed by atoms with Crippen LogP contribution in [0.3, 0.4) is 0 Å². The van der Waals surface area contributed by atoms with Crippen LogP contribution in [0.25, 0.3) is 0 Å². The number of anilines is 5. The second kappa shape index (κ2) is 9.46. The summed E-state index contributed by atoms with van der Waals surface area (Å²) in [4.78, 5) is 21.9. The SMILES string of the molecule is CNS(=O)c1ccc(SC)c(Nc2cc(Nc3ccc4c(c3)NC(=O)CC4)ncn2)c1. The number of aryl methyl sites for hydroxylation is 1. The number of carbonyl (C=O) groups is 1. The Morgan fingerprint density at radius 1 is 1.03 bits per heavy atom. The van der Waals surface area contributed by atoms with Gasteiger partial charge in [-0.05, 0) is 55.6 Å². The van der Waals surface area contributed by atoms with Gasteiger partial charge in [-0.3, -0.25) is 4.79 Å². The van der Waals surface area contributed by atoms with E-state index in [0.29, 0.717) is 23.0 Å². The number of hydrogen-bond acceptors (Lipinski definition) is 7. The van der Waals surface area contributed by atoms with Gasteiger partial charge in [-0.1, -0.05) is 6.07 Å². The molecule has 0 bridgehead atoms. The zero-order valence-corrected chi connectivity index (χ0v) is 18.7. The van der Waals surface area contributed by atoms with Crippen LogP contribution in [0.15, 0.2) is 58.6 Å². The molecule has 1 atom stereocenters. The summed E-state index contributed by atoms with van der Waals surface area (Å²) < 4.78 is 14.8. The molecule has 0 aliphatic carbocycles. The minimum atomic E-state index is -1.28. The molecule has 0 spiro atoms. The highest BCUT2D eigenvalue weighted by Gasteiger charge is 2.15. The lowest BCUT2D eigenvalue weighted by molar-refractivity contribution is -0.116. The van der Waals surface area contributed by atoms with Gasteiger partial charge in [-0.2, -0.15) is 0 Å². The molecular formula is C21H22N6O2S2. The van der Waals surface area contributed by atoms with Gasteiger partial charge < -0.3 is 16.0 Å². The molecule has 1 amide bonds. The molecule has 31 heavy (non-hydrogen) atoms. The standard InChI is InChI=1S/C21H22N6O2S2/c1-22-31(29)15-6-7-18(30-2)17(10-15)26-20-11-19(23-12-24-20)25-14-5-3-13-4-8-21(28)27-16(13)9-14/h3,5-7,9-12,22H,4,8H2,1-2H3,(H,27,28)(H2,23,24,25,26). The average molecular weight is 455 g/mol. The maximum absolute atomic E-state index is 12.1. The monoisotopic (exact) mass is 454 g/mol. The highest BCUT2D eigenvalue weighted by molar-refractivity contribution is 7.98. The van der Waals surface area contributed by atoms with Crippen LogP contribution in [0.5, 0.6) is 0 Å². The zero-order chi connectivity index (χ0) is 21.8. The van der Waals surface area contributed by atoms with E-state index >= 15 is 0 Å². The van der Waals surface area contributed by atoms with Crippen molar-refractivity contribution in [2.75, 3.05) is 29.3 Å². The Morgan fingerprint density at radius 2 is 1.84 bits per heavy atom. The first-order chi connectivity index (χ1) is 15.1. The summed E-state index contributed by atoms with van der Waals surface area (Å²) in [6, 6.07) is 13.3. The summed E-state index contributed by atoms with van der Waals surface area (Å²) in [6.07, 6.45) is 4.72. The number of fused-ring (bicyclic) bond motifs is 1. The lowest BCUT2D eigenvalue weighted by Crippen LogP contribution is -2.18. The van der Waals surface area contributed by atoms with Crippen LogP contribution in [0.4, 0.5) is 28.7 Å². The fourth-order valence-electron chi connectivity index (χ4n) is 3.25. The molecule has 1 aliphatic heterocycles. The third-order valence-electron chi connectivity index (χ3n) is 4.78.